The predicted molar refractivity (Wildman–Crippen MR) is 82.9 cm³/mol. The second-order valence-corrected chi connectivity index (χ2v) is 5.81. The van der Waals surface area contributed by atoms with Crippen LogP contribution in [0.1, 0.15) is 32.3 Å². The van der Waals surface area contributed by atoms with Crippen molar-refractivity contribution in [1.29, 1.82) is 0 Å². The van der Waals surface area contributed by atoms with Crippen LogP contribution in [0.5, 0.6) is 0 Å². The summed E-state index contributed by atoms with van der Waals surface area (Å²) in [4.78, 5) is 0. The molecule has 0 aliphatic heterocycles. The van der Waals surface area contributed by atoms with E-state index in [2.05, 4.69) is 19.2 Å². The van der Waals surface area contributed by atoms with Crippen molar-refractivity contribution in [1.82, 2.24) is 5.32 Å². The maximum atomic E-state index is 13.5. The SMILES string of the molecule is CCCNC(Cc1ccc(Cl)c(F)c1)CC(C)COC. The molecular formula is C16H25ClFNO. The molecule has 0 spiro atoms. The number of rotatable bonds is 9. The Balaban J connectivity index is 2.64. The topological polar surface area (TPSA) is 21.3 Å². The Labute approximate surface area is 126 Å². The van der Waals surface area contributed by atoms with E-state index in [1.807, 2.05) is 6.07 Å². The third-order valence-electron chi connectivity index (χ3n) is 3.29. The molecule has 0 heterocycles. The molecule has 0 amide bonds. The smallest absolute Gasteiger partial charge is 0.142 e. The lowest BCUT2D eigenvalue weighted by Crippen LogP contribution is -2.34. The van der Waals surface area contributed by atoms with Crippen LogP contribution in [0.4, 0.5) is 4.39 Å². The van der Waals surface area contributed by atoms with Gasteiger partial charge in [-0.2, -0.15) is 0 Å². The van der Waals surface area contributed by atoms with Crippen molar-refractivity contribution in [2.75, 3.05) is 20.3 Å². The summed E-state index contributed by atoms with van der Waals surface area (Å²) in [6, 6.07) is 5.39. The fraction of sp³-hybridized carbons (Fsp3) is 0.625. The van der Waals surface area contributed by atoms with Gasteiger partial charge in [-0.1, -0.05) is 31.5 Å². The number of ether oxygens (including phenoxy) is 1. The highest BCUT2D eigenvalue weighted by Gasteiger charge is 2.14. The molecule has 0 aliphatic carbocycles. The summed E-state index contributed by atoms with van der Waals surface area (Å²) in [7, 11) is 1.72. The highest BCUT2D eigenvalue weighted by atomic mass is 35.5. The van der Waals surface area contributed by atoms with Crippen LogP contribution >= 0.6 is 11.6 Å². The van der Waals surface area contributed by atoms with Crippen molar-refractivity contribution in [2.45, 2.75) is 39.2 Å². The van der Waals surface area contributed by atoms with Gasteiger partial charge in [-0.25, -0.2) is 4.39 Å². The number of benzene rings is 1. The Morgan fingerprint density at radius 1 is 1.40 bits per heavy atom. The van der Waals surface area contributed by atoms with Crippen LogP contribution in [0.25, 0.3) is 0 Å². The van der Waals surface area contributed by atoms with Crippen molar-refractivity contribution in [3.8, 4) is 0 Å². The second kappa shape index (κ2) is 9.32. The van der Waals surface area contributed by atoms with E-state index in [1.165, 1.54) is 6.07 Å². The molecule has 1 aromatic carbocycles. The summed E-state index contributed by atoms with van der Waals surface area (Å²) >= 11 is 5.72. The molecule has 20 heavy (non-hydrogen) atoms. The lowest BCUT2D eigenvalue weighted by Gasteiger charge is -2.22. The second-order valence-electron chi connectivity index (χ2n) is 5.40. The summed E-state index contributed by atoms with van der Waals surface area (Å²) in [5.41, 5.74) is 0.977. The normalized spacial score (nSPS) is 14.2. The molecule has 0 fully saturated rings. The number of nitrogens with one attached hydrogen (secondary N) is 1. The summed E-state index contributed by atoms with van der Waals surface area (Å²) in [6.07, 6.45) is 2.91. The van der Waals surface area contributed by atoms with E-state index in [0.29, 0.717) is 12.0 Å². The van der Waals surface area contributed by atoms with Crippen LogP contribution in [0.15, 0.2) is 18.2 Å². The monoisotopic (exact) mass is 301 g/mol. The van der Waals surface area contributed by atoms with Gasteiger partial charge in [0.05, 0.1) is 5.02 Å². The van der Waals surface area contributed by atoms with E-state index in [1.54, 1.807) is 13.2 Å². The predicted octanol–water partition coefficient (Wildman–Crippen LogP) is 4.06. The molecule has 0 aliphatic rings. The fourth-order valence-corrected chi connectivity index (χ4v) is 2.49. The molecule has 0 radical (unpaired) electrons. The minimum Gasteiger partial charge on any atom is -0.384 e. The molecule has 0 saturated heterocycles. The van der Waals surface area contributed by atoms with E-state index in [4.69, 9.17) is 16.3 Å². The van der Waals surface area contributed by atoms with E-state index in [-0.39, 0.29) is 10.8 Å². The summed E-state index contributed by atoms with van der Waals surface area (Å²) in [5.74, 6) is 0.134. The maximum Gasteiger partial charge on any atom is 0.142 e. The van der Waals surface area contributed by atoms with Crippen LogP contribution in [-0.4, -0.2) is 26.3 Å². The molecule has 0 saturated carbocycles. The average Bonchev–Trinajstić information content (AvgIpc) is 2.40. The van der Waals surface area contributed by atoms with Crippen molar-refractivity contribution in [2.24, 2.45) is 5.92 Å². The minimum absolute atomic E-state index is 0.180. The van der Waals surface area contributed by atoms with Gasteiger partial charge in [0, 0.05) is 19.8 Å². The minimum atomic E-state index is -0.344. The van der Waals surface area contributed by atoms with Gasteiger partial charge in [-0.05, 0) is 49.4 Å². The molecule has 1 N–H and O–H groups in total. The molecule has 2 unspecified atom stereocenters. The molecule has 4 heteroatoms. The number of hydrogen-bond acceptors (Lipinski definition) is 2. The summed E-state index contributed by atoms with van der Waals surface area (Å²) in [5, 5.41) is 3.71. The largest absolute Gasteiger partial charge is 0.384 e. The standard InChI is InChI=1S/C16H25ClFNO/c1-4-7-19-14(8-12(2)11-20-3)9-13-5-6-15(17)16(18)10-13/h5-6,10,12,14,19H,4,7-9,11H2,1-3H3. The third kappa shape index (κ3) is 6.21. The van der Waals surface area contributed by atoms with E-state index < -0.39 is 0 Å². The van der Waals surface area contributed by atoms with Gasteiger partial charge in [-0.15, -0.1) is 0 Å². The molecule has 0 aromatic heterocycles. The molecule has 2 atom stereocenters. The van der Waals surface area contributed by atoms with E-state index >= 15 is 0 Å². The first-order valence-corrected chi connectivity index (χ1v) is 7.60. The Hall–Kier alpha value is -0.640. The molecule has 1 aromatic rings. The van der Waals surface area contributed by atoms with Crippen molar-refractivity contribution < 1.29 is 9.13 Å². The van der Waals surface area contributed by atoms with Gasteiger partial charge in [0.25, 0.3) is 0 Å². The summed E-state index contributed by atoms with van der Waals surface area (Å²) < 4.78 is 18.7. The van der Waals surface area contributed by atoms with Crippen LogP contribution in [0.2, 0.25) is 5.02 Å². The Bertz CT molecular complexity index is 400. The zero-order chi connectivity index (χ0) is 15.0. The number of hydrogen-bond donors (Lipinski definition) is 1. The van der Waals surface area contributed by atoms with Gasteiger partial charge in [-0.3, -0.25) is 0 Å². The highest BCUT2D eigenvalue weighted by molar-refractivity contribution is 6.30. The fourth-order valence-electron chi connectivity index (χ4n) is 2.38. The number of methoxy groups -OCH3 is 1. The van der Waals surface area contributed by atoms with Gasteiger partial charge >= 0.3 is 0 Å². The first kappa shape index (κ1) is 17.4. The van der Waals surface area contributed by atoms with Crippen LogP contribution in [0, 0.1) is 11.7 Å². The van der Waals surface area contributed by atoms with E-state index in [9.17, 15) is 4.39 Å². The Morgan fingerprint density at radius 3 is 2.75 bits per heavy atom. The lowest BCUT2D eigenvalue weighted by atomic mass is 9.96. The van der Waals surface area contributed by atoms with Crippen molar-refractivity contribution in [3.63, 3.8) is 0 Å². The molecule has 2 nitrogen and oxygen atoms in total. The van der Waals surface area contributed by atoms with Gasteiger partial charge in [0.2, 0.25) is 0 Å². The lowest BCUT2D eigenvalue weighted by molar-refractivity contribution is 0.149. The molecule has 1 rings (SSSR count). The first-order chi connectivity index (χ1) is 9.56. The third-order valence-corrected chi connectivity index (χ3v) is 3.59. The van der Waals surface area contributed by atoms with Crippen LogP contribution < -0.4 is 5.32 Å². The van der Waals surface area contributed by atoms with Crippen molar-refractivity contribution in [3.05, 3.63) is 34.6 Å². The average molecular weight is 302 g/mol. The zero-order valence-electron chi connectivity index (χ0n) is 12.6. The highest BCUT2D eigenvalue weighted by Crippen LogP contribution is 2.18. The Morgan fingerprint density at radius 2 is 2.15 bits per heavy atom. The van der Waals surface area contributed by atoms with Crippen LogP contribution in [0.3, 0.4) is 0 Å². The molecule has 114 valence electrons. The van der Waals surface area contributed by atoms with E-state index in [0.717, 1.165) is 38.0 Å². The summed E-state index contributed by atoms with van der Waals surface area (Å²) in [6.45, 7) is 6.04. The molecule has 0 bridgehead atoms. The quantitative estimate of drug-likeness (QED) is 0.742. The zero-order valence-corrected chi connectivity index (χ0v) is 13.3. The number of halogens is 2. The van der Waals surface area contributed by atoms with Gasteiger partial charge < -0.3 is 10.1 Å². The first-order valence-electron chi connectivity index (χ1n) is 7.23. The van der Waals surface area contributed by atoms with Crippen molar-refractivity contribution >= 4 is 11.6 Å². The Kier molecular flexibility index (Phi) is 8.12. The maximum absolute atomic E-state index is 13.5. The van der Waals surface area contributed by atoms with Gasteiger partial charge in [0.15, 0.2) is 0 Å². The van der Waals surface area contributed by atoms with Crippen LogP contribution in [-0.2, 0) is 11.2 Å². The van der Waals surface area contributed by atoms with Gasteiger partial charge in [0.1, 0.15) is 5.82 Å². The molecular weight excluding hydrogens is 277 g/mol.